The number of rotatable bonds is 4. The number of aromatic nitrogens is 1. The molecule has 0 saturated carbocycles. The van der Waals surface area contributed by atoms with E-state index >= 15 is 0 Å². The van der Waals surface area contributed by atoms with E-state index in [-0.39, 0.29) is 72.9 Å². The summed E-state index contributed by atoms with van der Waals surface area (Å²) >= 11 is 3.09. The summed E-state index contributed by atoms with van der Waals surface area (Å²) in [5.41, 5.74) is -0.639. The first-order valence-electron chi connectivity index (χ1n) is 6.82. The van der Waals surface area contributed by atoms with E-state index in [2.05, 4.69) is 33.8 Å². The van der Waals surface area contributed by atoms with Crippen LogP contribution in [0.2, 0.25) is 0 Å². The Hall–Kier alpha value is -1.03. The molecule has 0 bridgehead atoms. The summed E-state index contributed by atoms with van der Waals surface area (Å²) in [4.78, 5) is 12.1. The van der Waals surface area contributed by atoms with Crippen LogP contribution in [0.4, 0.5) is 8.78 Å². The van der Waals surface area contributed by atoms with Crippen molar-refractivity contribution >= 4 is 15.9 Å². The molecule has 2 aromatic rings. The van der Waals surface area contributed by atoms with Crippen LogP contribution in [0.5, 0.6) is 5.75 Å². The molecule has 2 rings (SSSR count). The Morgan fingerprint density at radius 2 is 1.96 bits per heavy atom. The third-order valence-electron chi connectivity index (χ3n) is 3.11. The second-order valence-corrected chi connectivity index (χ2v) is 5.37. The van der Waals surface area contributed by atoms with Gasteiger partial charge in [0.25, 0.3) is 0 Å². The maximum Gasteiger partial charge on any atom is 0.208 e. The van der Waals surface area contributed by atoms with Crippen LogP contribution in [0.1, 0.15) is 13.8 Å². The van der Waals surface area contributed by atoms with Gasteiger partial charge in [0.15, 0.2) is 0 Å². The third-order valence-corrected chi connectivity index (χ3v) is 3.68. The van der Waals surface area contributed by atoms with E-state index in [1.165, 1.54) is 10.6 Å². The first-order valence-corrected chi connectivity index (χ1v) is 7.61. The van der Waals surface area contributed by atoms with Crippen molar-refractivity contribution in [3.8, 4) is 28.8 Å². The van der Waals surface area contributed by atoms with Gasteiger partial charge in [-0.25, -0.2) is 8.78 Å². The molecule has 1 aromatic carbocycles. The average Bonchev–Trinajstić information content (AvgIpc) is 2.50. The van der Waals surface area contributed by atoms with Gasteiger partial charge in [0.2, 0.25) is 5.56 Å². The summed E-state index contributed by atoms with van der Waals surface area (Å²) in [6, 6.07) is 6.22. The van der Waals surface area contributed by atoms with Crippen LogP contribution in [0.3, 0.4) is 0 Å². The van der Waals surface area contributed by atoms with Crippen molar-refractivity contribution in [1.29, 1.82) is 0 Å². The van der Waals surface area contributed by atoms with Gasteiger partial charge in [0.1, 0.15) is 12.4 Å². The fraction of sp³-hybridized carbons (Fsp3) is 0.235. The Morgan fingerprint density at radius 3 is 2.50 bits per heavy atom. The number of hydrogen-bond acceptors (Lipinski definition) is 2. The topological polar surface area (TPSA) is 31.2 Å². The molecule has 1 aromatic heterocycles. The van der Waals surface area contributed by atoms with E-state index in [0.29, 0.717) is 0 Å². The molecule has 24 heavy (non-hydrogen) atoms. The average molecular weight is 470 g/mol. The third kappa shape index (κ3) is 4.53. The molecule has 123 valence electrons. The van der Waals surface area contributed by atoms with E-state index in [0.717, 1.165) is 12.1 Å². The van der Waals surface area contributed by atoms with Gasteiger partial charge in [-0.15, -0.1) is 21.9 Å². The quantitative estimate of drug-likeness (QED) is 0.504. The number of halogens is 3. The van der Waals surface area contributed by atoms with E-state index in [1.54, 1.807) is 13.8 Å². The predicted octanol–water partition coefficient (Wildman–Crippen LogP) is 3.78. The SMILES string of the molecule is CC#CCOc1cc(F)c(-c2[c-]cc(Br)c(=O)n2CC)c(F)c1.[Y]. The minimum absolute atomic E-state index is 0. The standard InChI is InChI=1S/C17H13BrF2NO2.Y/c1-3-5-8-23-11-9-13(19)16(14(20)10-11)15-7-6-12(18)17(22)21(15)4-2;/h6,9-10H,4,8H2,1-2H3;/q-1;. The molecule has 3 nitrogen and oxygen atoms in total. The Bertz CT molecular complexity index is 833. The van der Waals surface area contributed by atoms with Gasteiger partial charge < -0.3 is 9.30 Å². The van der Waals surface area contributed by atoms with Gasteiger partial charge in [-0.05, 0) is 23.9 Å². The summed E-state index contributed by atoms with van der Waals surface area (Å²) in [5.74, 6) is 3.64. The summed E-state index contributed by atoms with van der Waals surface area (Å²) in [6.07, 6.45) is 0. The molecule has 0 atom stereocenters. The van der Waals surface area contributed by atoms with Crippen molar-refractivity contribution in [2.24, 2.45) is 0 Å². The summed E-state index contributed by atoms with van der Waals surface area (Å²) in [6.45, 7) is 3.65. The van der Waals surface area contributed by atoms with Gasteiger partial charge in [0, 0.05) is 51.4 Å². The Morgan fingerprint density at radius 1 is 1.33 bits per heavy atom. The fourth-order valence-electron chi connectivity index (χ4n) is 2.06. The number of nitrogens with zero attached hydrogens (tertiary/aromatic N) is 1. The number of hydrogen-bond donors (Lipinski definition) is 0. The molecule has 0 amide bonds. The van der Waals surface area contributed by atoms with Crippen molar-refractivity contribution in [1.82, 2.24) is 4.57 Å². The monoisotopic (exact) mass is 469 g/mol. The van der Waals surface area contributed by atoms with Crippen molar-refractivity contribution in [3.63, 3.8) is 0 Å². The van der Waals surface area contributed by atoms with Crippen LogP contribution >= 0.6 is 15.9 Å². The van der Waals surface area contributed by atoms with Gasteiger partial charge >= 0.3 is 0 Å². The van der Waals surface area contributed by atoms with Crippen LogP contribution in [-0.4, -0.2) is 11.2 Å². The van der Waals surface area contributed by atoms with Gasteiger partial charge in [-0.3, -0.25) is 4.79 Å². The maximum absolute atomic E-state index is 14.4. The summed E-state index contributed by atoms with van der Waals surface area (Å²) in [5, 5.41) is 0. The molecule has 0 spiro atoms. The molecular weight excluding hydrogens is 457 g/mol. The van der Waals surface area contributed by atoms with E-state index in [4.69, 9.17) is 4.74 Å². The first kappa shape index (κ1) is 21.0. The summed E-state index contributed by atoms with van der Waals surface area (Å²) in [7, 11) is 0. The van der Waals surface area contributed by atoms with Gasteiger partial charge in [-0.2, -0.15) is 12.1 Å². The Balaban J connectivity index is 0.00000288. The molecular formula is C17H13BrF2NO2Y-. The zero-order valence-corrected chi connectivity index (χ0v) is 17.5. The predicted molar refractivity (Wildman–Crippen MR) is 87.2 cm³/mol. The van der Waals surface area contributed by atoms with Crippen molar-refractivity contribution < 1.29 is 46.2 Å². The van der Waals surface area contributed by atoms with Crippen LogP contribution in [0.15, 0.2) is 27.5 Å². The van der Waals surface area contributed by atoms with Gasteiger partial charge in [-0.1, -0.05) is 11.6 Å². The number of pyridine rings is 1. The molecule has 7 heteroatoms. The Kier molecular flexibility index (Phi) is 8.28. The molecule has 1 radical (unpaired) electrons. The molecule has 0 aliphatic heterocycles. The van der Waals surface area contributed by atoms with E-state index < -0.39 is 11.6 Å². The minimum Gasteiger partial charge on any atom is -0.481 e. The van der Waals surface area contributed by atoms with Crippen molar-refractivity contribution in [3.05, 3.63) is 50.7 Å². The fourth-order valence-corrected chi connectivity index (χ4v) is 2.39. The van der Waals surface area contributed by atoms with Crippen LogP contribution in [-0.2, 0) is 39.3 Å². The van der Waals surface area contributed by atoms with E-state index in [1.807, 2.05) is 0 Å². The van der Waals surface area contributed by atoms with Crippen molar-refractivity contribution in [2.75, 3.05) is 6.61 Å². The maximum atomic E-state index is 14.4. The normalized spacial score (nSPS) is 9.71. The van der Waals surface area contributed by atoms with Gasteiger partial charge in [0.05, 0.1) is 11.6 Å². The zero-order valence-electron chi connectivity index (χ0n) is 13.1. The Labute approximate surface area is 172 Å². The molecule has 0 unspecified atom stereocenters. The minimum atomic E-state index is -0.829. The largest absolute Gasteiger partial charge is 0.481 e. The number of benzene rings is 1. The van der Waals surface area contributed by atoms with Crippen LogP contribution in [0, 0.1) is 29.5 Å². The molecule has 0 aliphatic rings. The molecule has 0 N–H and O–H groups in total. The second kappa shape index (κ2) is 9.46. The molecule has 1 heterocycles. The van der Waals surface area contributed by atoms with E-state index in [9.17, 15) is 13.6 Å². The molecule has 0 fully saturated rings. The van der Waals surface area contributed by atoms with Crippen LogP contribution < -0.4 is 10.3 Å². The van der Waals surface area contributed by atoms with Crippen LogP contribution in [0.25, 0.3) is 11.3 Å². The first-order chi connectivity index (χ1) is 11.0. The zero-order chi connectivity index (χ0) is 17.0. The molecule has 0 saturated heterocycles. The molecule has 0 aliphatic carbocycles. The summed E-state index contributed by atoms with van der Waals surface area (Å²) < 4.78 is 35.4. The van der Waals surface area contributed by atoms with Crippen molar-refractivity contribution in [2.45, 2.75) is 20.4 Å². The number of ether oxygens (including phenoxy) is 1. The second-order valence-electron chi connectivity index (χ2n) is 4.51. The smallest absolute Gasteiger partial charge is 0.208 e.